The van der Waals surface area contributed by atoms with Crippen LogP contribution in [0.25, 0.3) is 0 Å². The Labute approximate surface area is 140 Å². The maximum atomic E-state index is 12.9. The predicted molar refractivity (Wildman–Crippen MR) is 87.7 cm³/mol. The topological polar surface area (TPSA) is 63.1 Å². The van der Waals surface area contributed by atoms with Gasteiger partial charge in [0.05, 0.1) is 0 Å². The highest BCUT2D eigenvalue weighted by Gasteiger charge is 2.27. The van der Waals surface area contributed by atoms with Gasteiger partial charge in [-0.05, 0) is 37.0 Å². The van der Waals surface area contributed by atoms with Crippen molar-refractivity contribution in [1.82, 2.24) is 25.0 Å². The third kappa shape index (κ3) is 3.90. The van der Waals surface area contributed by atoms with Gasteiger partial charge in [-0.15, -0.1) is 10.2 Å². The first-order valence-electron chi connectivity index (χ1n) is 8.29. The average molecular weight is 331 g/mol. The molecule has 2 heterocycles. The van der Waals surface area contributed by atoms with E-state index in [1.165, 1.54) is 12.1 Å². The molecule has 2 aromatic rings. The molecule has 24 heavy (non-hydrogen) atoms. The van der Waals surface area contributed by atoms with Crippen molar-refractivity contribution in [2.45, 2.75) is 32.9 Å². The number of carbonyl (C=O) groups is 1. The Morgan fingerprint density at radius 3 is 2.92 bits per heavy atom. The number of aryl methyl sites for hydroxylation is 1. The van der Waals surface area contributed by atoms with Crippen molar-refractivity contribution >= 4 is 6.03 Å². The van der Waals surface area contributed by atoms with Crippen LogP contribution in [0.1, 0.15) is 24.7 Å². The summed E-state index contributed by atoms with van der Waals surface area (Å²) in [7, 11) is 0. The largest absolute Gasteiger partial charge is 0.334 e. The summed E-state index contributed by atoms with van der Waals surface area (Å²) in [5.41, 5.74) is 0.886. The van der Waals surface area contributed by atoms with Crippen LogP contribution < -0.4 is 5.32 Å². The van der Waals surface area contributed by atoms with Gasteiger partial charge in [-0.1, -0.05) is 12.1 Å². The molecule has 1 unspecified atom stereocenters. The van der Waals surface area contributed by atoms with Gasteiger partial charge in [0.1, 0.15) is 18.0 Å². The molecule has 7 heteroatoms. The first-order valence-corrected chi connectivity index (χ1v) is 8.29. The average Bonchev–Trinajstić information content (AvgIpc) is 3.23. The highest BCUT2D eigenvalue weighted by molar-refractivity contribution is 5.74. The summed E-state index contributed by atoms with van der Waals surface area (Å²) < 4.78 is 14.9. The quantitative estimate of drug-likeness (QED) is 0.914. The summed E-state index contributed by atoms with van der Waals surface area (Å²) in [5.74, 6) is 1.12. The first kappa shape index (κ1) is 16.4. The zero-order valence-corrected chi connectivity index (χ0v) is 13.8. The number of likely N-dealkylation sites (tertiary alicyclic amines) is 1. The molecule has 1 atom stereocenters. The van der Waals surface area contributed by atoms with Crippen molar-refractivity contribution in [1.29, 1.82) is 0 Å². The third-order valence-corrected chi connectivity index (χ3v) is 4.44. The SMILES string of the molecule is CCn1cnnc1CC1CCN(C(=O)NCc2ccc(F)cc2)C1. The Balaban J connectivity index is 1.48. The molecule has 128 valence electrons. The van der Waals surface area contributed by atoms with Gasteiger partial charge in [0.15, 0.2) is 0 Å². The minimum atomic E-state index is -0.271. The molecular formula is C17H22FN5O. The fraction of sp³-hybridized carbons (Fsp3) is 0.471. The number of amides is 2. The van der Waals surface area contributed by atoms with Crippen molar-refractivity contribution in [2.75, 3.05) is 13.1 Å². The molecule has 6 nitrogen and oxygen atoms in total. The second-order valence-corrected chi connectivity index (χ2v) is 6.12. The van der Waals surface area contributed by atoms with Gasteiger partial charge in [0.2, 0.25) is 0 Å². The molecule has 1 fully saturated rings. The molecule has 1 aliphatic rings. The van der Waals surface area contributed by atoms with E-state index in [4.69, 9.17) is 0 Å². The Kier molecular flexibility index (Phi) is 5.08. The molecule has 0 bridgehead atoms. The summed E-state index contributed by atoms with van der Waals surface area (Å²) in [6.45, 7) is 4.81. The zero-order chi connectivity index (χ0) is 16.9. The van der Waals surface area contributed by atoms with Gasteiger partial charge in [0.25, 0.3) is 0 Å². The van der Waals surface area contributed by atoms with E-state index in [0.29, 0.717) is 12.5 Å². The molecule has 0 radical (unpaired) electrons. The lowest BCUT2D eigenvalue weighted by molar-refractivity contribution is 0.206. The van der Waals surface area contributed by atoms with E-state index in [2.05, 4.69) is 22.4 Å². The number of hydrogen-bond acceptors (Lipinski definition) is 3. The zero-order valence-electron chi connectivity index (χ0n) is 13.8. The number of halogens is 1. The van der Waals surface area contributed by atoms with Gasteiger partial charge in [-0.2, -0.15) is 0 Å². The lowest BCUT2D eigenvalue weighted by Crippen LogP contribution is -2.38. The van der Waals surface area contributed by atoms with Crippen LogP contribution in [0, 0.1) is 11.7 Å². The molecular weight excluding hydrogens is 309 g/mol. The standard InChI is InChI=1S/C17H22FN5O/c1-2-22-12-20-21-16(22)9-14-7-8-23(11-14)17(24)19-10-13-3-5-15(18)6-4-13/h3-6,12,14H,2,7-11H2,1H3,(H,19,24). The molecule has 3 rings (SSSR count). The first-order chi connectivity index (χ1) is 11.7. The number of carbonyl (C=O) groups excluding carboxylic acids is 1. The number of rotatable bonds is 5. The van der Waals surface area contributed by atoms with E-state index in [-0.39, 0.29) is 11.8 Å². The van der Waals surface area contributed by atoms with Gasteiger partial charge in [-0.3, -0.25) is 0 Å². The Morgan fingerprint density at radius 1 is 1.38 bits per heavy atom. The Morgan fingerprint density at radius 2 is 2.17 bits per heavy atom. The van der Waals surface area contributed by atoms with E-state index in [1.807, 2.05) is 9.47 Å². The van der Waals surface area contributed by atoms with Crippen LogP contribution in [0.5, 0.6) is 0 Å². The number of nitrogens with zero attached hydrogens (tertiary/aromatic N) is 4. The van der Waals surface area contributed by atoms with Crippen molar-refractivity contribution in [2.24, 2.45) is 5.92 Å². The van der Waals surface area contributed by atoms with Crippen LogP contribution in [0.15, 0.2) is 30.6 Å². The fourth-order valence-electron chi connectivity index (χ4n) is 3.03. The summed E-state index contributed by atoms with van der Waals surface area (Å²) in [5, 5.41) is 11.0. The van der Waals surface area contributed by atoms with Crippen molar-refractivity contribution < 1.29 is 9.18 Å². The number of aromatic nitrogens is 3. The monoisotopic (exact) mass is 331 g/mol. The minimum absolute atomic E-state index is 0.0706. The lowest BCUT2D eigenvalue weighted by Gasteiger charge is -2.17. The van der Waals surface area contributed by atoms with Crippen LogP contribution >= 0.6 is 0 Å². The highest BCUT2D eigenvalue weighted by atomic mass is 19.1. The molecule has 0 aliphatic carbocycles. The second kappa shape index (κ2) is 7.42. The number of hydrogen-bond donors (Lipinski definition) is 1. The summed E-state index contributed by atoms with van der Waals surface area (Å²) >= 11 is 0. The maximum Gasteiger partial charge on any atom is 0.317 e. The molecule has 2 amide bonds. The summed E-state index contributed by atoms with van der Waals surface area (Å²) in [6.07, 6.45) is 3.56. The summed E-state index contributed by atoms with van der Waals surface area (Å²) in [6, 6.07) is 6.09. The Bertz CT molecular complexity index is 685. The van der Waals surface area contributed by atoms with E-state index in [9.17, 15) is 9.18 Å². The maximum absolute atomic E-state index is 12.9. The van der Waals surface area contributed by atoms with Crippen LogP contribution in [0.2, 0.25) is 0 Å². The van der Waals surface area contributed by atoms with Crippen molar-refractivity contribution in [3.8, 4) is 0 Å². The molecule has 0 spiro atoms. The Hall–Kier alpha value is -2.44. The van der Waals surface area contributed by atoms with Crippen molar-refractivity contribution in [3.63, 3.8) is 0 Å². The van der Waals surface area contributed by atoms with E-state index in [1.54, 1.807) is 18.5 Å². The van der Waals surface area contributed by atoms with Gasteiger partial charge in [0, 0.05) is 32.6 Å². The molecule has 0 saturated carbocycles. The number of urea groups is 1. The van der Waals surface area contributed by atoms with Crippen molar-refractivity contribution in [3.05, 3.63) is 47.8 Å². The van der Waals surface area contributed by atoms with Crippen LogP contribution in [-0.4, -0.2) is 38.8 Å². The summed E-state index contributed by atoms with van der Waals surface area (Å²) in [4.78, 5) is 14.1. The van der Waals surface area contributed by atoms with Gasteiger partial charge >= 0.3 is 6.03 Å². The number of benzene rings is 1. The smallest absolute Gasteiger partial charge is 0.317 e. The van der Waals surface area contributed by atoms with Crippen LogP contribution in [0.3, 0.4) is 0 Å². The van der Waals surface area contributed by atoms with Gasteiger partial charge < -0.3 is 14.8 Å². The second-order valence-electron chi connectivity index (χ2n) is 6.12. The number of nitrogens with one attached hydrogen (secondary N) is 1. The fourth-order valence-corrected chi connectivity index (χ4v) is 3.03. The van der Waals surface area contributed by atoms with E-state index < -0.39 is 0 Å². The molecule has 1 aromatic carbocycles. The molecule has 1 N–H and O–H groups in total. The normalized spacial score (nSPS) is 17.2. The molecule has 1 saturated heterocycles. The lowest BCUT2D eigenvalue weighted by atomic mass is 10.0. The van der Waals surface area contributed by atoms with Gasteiger partial charge in [-0.25, -0.2) is 9.18 Å². The molecule has 1 aliphatic heterocycles. The highest BCUT2D eigenvalue weighted by Crippen LogP contribution is 2.20. The molecule has 1 aromatic heterocycles. The van der Waals surface area contributed by atoms with E-state index >= 15 is 0 Å². The third-order valence-electron chi connectivity index (χ3n) is 4.44. The van der Waals surface area contributed by atoms with Crippen LogP contribution in [-0.2, 0) is 19.5 Å². The van der Waals surface area contributed by atoms with Crippen LogP contribution in [0.4, 0.5) is 9.18 Å². The minimum Gasteiger partial charge on any atom is -0.334 e. The van der Waals surface area contributed by atoms with E-state index in [0.717, 1.165) is 43.9 Å². The predicted octanol–water partition coefficient (Wildman–Crippen LogP) is 2.21.